The Labute approximate surface area is 170 Å². The van der Waals surface area contributed by atoms with Crippen molar-refractivity contribution in [1.82, 2.24) is 15.5 Å². The first-order valence-electron chi connectivity index (χ1n) is 10.4. The molecule has 1 atom stereocenters. The molecule has 0 aliphatic carbocycles. The number of hydrogen-bond donors (Lipinski definition) is 2. The van der Waals surface area contributed by atoms with E-state index in [0.717, 1.165) is 45.3 Å². The van der Waals surface area contributed by atoms with Gasteiger partial charge in [-0.25, -0.2) is 0 Å². The van der Waals surface area contributed by atoms with Gasteiger partial charge in [0.05, 0.1) is 25.4 Å². The van der Waals surface area contributed by atoms with Crippen molar-refractivity contribution >= 4 is 5.96 Å². The smallest absolute Gasteiger partial charge is 0.191 e. The van der Waals surface area contributed by atoms with E-state index < -0.39 is 0 Å². The van der Waals surface area contributed by atoms with Crippen molar-refractivity contribution in [2.24, 2.45) is 10.9 Å². The third-order valence-electron chi connectivity index (χ3n) is 4.60. The summed E-state index contributed by atoms with van der Waals surface area (Å²) >= 11 is 0. The molecule has 1 unspecified atom stereocenters. The van der Waals surface area contributed by atoms with Crippen LogP contribution in [0, 0.1) is 5.92 Å². The second-order valence-electron chi connectivity index (χ2n) is 8.13. The number of guanidine groups is 1. The summed E-state index contributed by atoms with van der Waals surface area (Å²) in [5.41, 5.74) is 2.40. The molecule has 2 N–H and O–H groups in total. The lowest BCUT2D eigenvalue weighted by atomic mass is 10.1. The highest BCUT2D eigenvalue weighted by Gasteiger charge is 2.21. The maximum atomic E-state index is 5.91. The lowest BCUT2D eigenvalue weighted by Gasteiger charge is -2.34. The lowest BCUT2D eigenvalue weighted by Crippen LogP contribution is -2.50. The molecule has 6 nitrogen and oxygen atoms in total. The third kappa shape index (κ3) is 8.59. The summed E-state index contributed by atoms with van der Waals surface area (Å²) < 4.78 is 11.6. The molecule has 0 amide bonds. The third-order valence-corrected chi connectivity index (χ3v) is 4.60. The van der Waals surface area contributed by atoms with Gasteiger partial charge < -0.3 is 20.1 Å². The number of rotatable bonds is 9. The van der Waals surface area contributed by atoms with Gasteiger partial charge in [-0.05, 0) is 30.9 Å². The van der Waals surface area contributed by atoms with E-state index >= 15 is 0 Å². The molecule has 28 heavy (non-hydrogen) atoms. The molecular weight excluding hydrogens is 352 g/mol. The normalized spacial score (nSPS) is 18.7. The first-order chi connectivity index (χ1) is 13.5. The monoisotopic (exact) mass is 390 g/mol. The van der Waals surface area contributed by atoms with E-state index in [9.17, 15) is 0 Å². The summed E-state index contributed by atoms with van der Waals surface area (Å²) in [4.78, 5) is 6.82. The van der Waals surface area contributed by atoms with Crippen LogP contribution in [0.5, 0.6) is 0 Å². The van der Waals surface area contributed by atoms with Crippen LogP contribution in [0.15, 0.2) is 29.3 Å². The van der Waals surface area contributed by atoms with Gasteiger partial charge in [0.1, 0.15) is 0 Å². The Hall–Kier alpha value is -1.63. The van der Waals surface area contributed by atoms with Crippen molar-refractivity contribution in [2.45, 2.75) is 53.1 Å². The van der Waals surface area contributed by atoms with E-state index in [0.29, 0.717) is 12.5 Å². The topological polar surface area (TPSA) is 58.1 Å². The predicted molar refractivity (Wildman–Crippen MR) is 116 cm³/mol. The molecule has 1 aromatic rings. The van der Waals surface area contributed by atoms with Gasteiger partial charge in [-0.2, -0.15) is 0 Å². The molecule has 0 bridgehead atoms. The van der Waals surface area contributed by atoms with Crippen LogP contribution in [-0.4, -0.2) is 62.9 Å². The lowest BCUT2D eigenvalue weighted by molar-refractivity contribution is -0.0284. The fourth-order valence-electron chi connectivity index (χ4n) is 3.30. The van der Waals surface area contributed by atoms with Crippen molar-refractivity contribution in [3.8, 4) is 0 Å². The molecule has 158 valence electrons. The Morgan fingerprint density at radius 2 is 2.04 bits per heavy atom. The number of nitrogens with zero attached hydrogens (tertiary/aromatic N) is 2. The van der Waals surface area contributed by atoms with E-state index in [4.69, 9.17) is 9.47 Å². The molecule has 0 spiro atoms. The predicted octanol–water partition coefficient (Wildman–Crippen LogP) is 2.63. The highest BCUT2D eigenvalue weighted by atomic mass is 16.5. The van der Waals surface area contributed by atoms with Gasteiger partial charge in [-0.3, -0.25) is 9.89 Å². The number of morpholine rings is 1. The second-order valence-corrected chi connectivity index (χ2v) is 8.13. The van der Waals surface area contributed by atoms with Crippen LogP contribution in [0.4, 0.5) is 0 Å². The zero-order valence-electron chi connectivity index (χ0n) is 18.2. The van der Waals surface area contributed by atoms with Crippen molar-refractivity contribution in [3.63, 3.8) is 0 Å². The van der Waals surface area contributed by atoms with Gasteiger partial charge in [-0.1, -0.05) is 38.1 Å². The summed E-state index contributed by atoms with van der Waals surface area (Å²) in [6, 6.07) is 8.47. The fraction of sp³-hybridized carbons (Fsp3) is 0.682. The highest BCUT2D eigenvalue weighted by Crippen LogP contribution is 2.09. The van der Waals surface area contributed by atoms with Gasteiger partial charge in [0.2, 0.25) is 0 Å². The summed E-state index contributed by atoms with van der Waals surface area (Å²) in [5, 5.41) is 6.79. The first-order valence-corrected chi connectivity index (χ1v) is 10.4. The first kappa shape index (κ1) is 22.7. The van der Waals surface area contributed by atoms with Crippen LogP contribution in [0.2, 0.25) is 0 Å². The van der Waals surface area contributed by atoms with Gasteiger partial charge in [-0.15, -0.1) is 0 Å². The minimum Gasteiger partial charge on any atom is -0.374 e. The molecule has 1 aromatic carbocycles. The van der Waals surface area contributed by atoms with Crippen molar-refractivity contribution in [3.05, 3.63) is 35.4 Å². The number of hydrogen-bond acceptors (Lipinski definition) is 4. The van der Waals surface area contributed by atoms with E-state index in [-0.39, 0.29) is 12.2 Å². The van der Waals surface area contributed by atoms with Crippen molar-refractivity contribution in [2.75, 3.05) is 39.8 Å². The second kappa shape index (κ2) is 12.0. The fourth-order valence-corrected chi connectivity index (χ4v) is 3.30. The molecule has 0 saturated carbocycles. The SMILES string of the molecule is CN=C(NCc1cccc(COC(C)C)c1)NCC1CN(CC(C)C)CCO1. The van der Waals surface area contributed by atoms with Crippen LogP contribution >= 0.6 is 0 Å². The molecule has 1 saturated heterocycles. The average molecular weight is 391 g/mol. The molecule has 2 rings (SSSR count). The number of benzene rings is 1. The Bertz CT molecular complexity index is 604. The molecule has 1 fully saturated rings. The molecular formula is C22H38N4O2. The van der Waals surface area contributed by atoms with E-state index in [2.05, 4.69) is 72.5 Å². The van der Waals surface area contributed by atoms with Gasteiger partial charge in [0.25, 0.3) is 0 Å². The summed E-state index contributed by atoms with van der Waals surface area (Å²) in [5.74, 6) is 1.48. The number of aliphatic imine (C=N–C) groups is 1. The van der Waals surface area contributed by atoms with Gasteiger partial charge in [0.15, 0.2) is 5.96 Å². The maximum Gasteiger partial charge on any atom is 0.191 e. The summed E-state index contributed by atoms with van der Waals surface area (Å²) in [6.07, 6.45) is 0.436. The molecule has 1 aliphatic heterocycles. The standard InChI is InChI=1S/C22H38N4O2/c1-17(2)14-26-9-10-27-21(15-26)13-25-22(23-5)24-12-19-7-6-8-20(11-19)16-28-18(3)4/h6-8,11,17-18,21H,9-10,12-16H2,1-5H3,(H2,23,24,25). The Morgan fingerprint density at radius 1 is 1.25 bits per heavy atom. The van der Waals surface area contributed by atoms with Gasteiger partial charge >= 0.3 is 0 Å². The van der Waals surface area contributed by atoms with Crippen LogP contribution in [0.25, 0.3) is 0 Å². The van der Waals surface area contributed by atoms with E-state index in [1.165, 1.54) is 11.1 Å². The van der Waals surface area contributed by atoms with Crippen LogP contribution < -0.4 is 10.6 Å². The zero-order chi connectivity index (χ0) is 20.4. The van der Waals surface area contributed by atoms with Crippen LogP contribution in [-0.2, 0) is 22.6 Å². The Morgan fingerprint density at radius 3 is 2.75 bits per heavy atom. The summed E-state index contributed by atoms with van der Waals surface area (Å²) in [7, 11) is 1.80. The quantitative estimate of drug-likeness (QED) is 0.501. The number of ether oxygens (including phenoxy) is 2. The maximum absolute atomic E-state index is 5.91. The van der Waals surface area contributed by atoms with Crippen molar-refractivity contribution < 1.29 is 9.47 Å². The minimum atomic E-state index is 0.197. The largest absolute Gasteiger partial charge is 0.374 e. The molecule has 0 aromatic heterocycles. The minimum absolute atomic E-state index is 0.197. The van der Waals surface area contributed by atoms with Crippen LogP contribution in [0.3, 0.4) is 0 Å². The molecule has 1 aliphatic rings. The average Bonchev–Trinajstić information content (AvgIpc) is 2.66. The van der Waals surface area contributed by atoms with Crippen LogP contribution in [0.1, 0.15) is 38.8 Å². The summed E-state index contributed by atoms with van der Waals surface area (Å²) in [6.45, 7) is 14.7. The molecule has 0 radical (unpaired) electrons. The Balaban J connectivity index is 1.76. The van der Waals surface area contributed by atoms with E-state index in [1.54, 1.807) is 7.05 Å². The molecule has 6 heteroatoms. The number of nitrogens with one attached hydrogen (secondary N) is 2. The molecule has 1 heterocycles. The Kier molecular flexibility index (Phi) is 9.75. The van der Waals surface area contributed by atoms with Crippen molar-refractivity contribution in [1.29, 1.82) is 0 Å². The van der Waals surface area contributed by atoms with Gasteiger partial charge in [0, 0.05) is 39.8 Å². The van der Waals surface area contributed by atoms with E-state index in [1.807, 2.05) is 0 Å². The highest BCUT2D eigenvalue weighted by molar-refractivity contribution is 5.79. The zero-order valence-corrected chi connectivity index (χ0v) is 18.2.